The fourth-order valence-electron chi connectivity index (χ4n) is 3.78. The van der Waals surface area contributed by atoms with Crippen molar-refractivity contribution in [3.05, 3.63) is 88.4 Å². The maximum Gasteiger partial charge on any atom is 0.270 e. The summed E-state index contributed by atoms with van der Waals surface area (Å²) >= 11 is 3.52. The van der Waals surface area contributed by atoms with Gasteiger partial charge in [0.25, 0.3) is 5.91 Å². The number of rotatable bonds is 6. The molecule has 0 bridgehead atoms. The fourth-order valence-corrected chi connectivity index (χ4v) is 4.02. The van der Waals surface area contributed by atoms with Crippen molar-refractivity contribution in [2.75, 3.05) is 11.9 Å². The number of fused-ring (bicyclic) bond motifs is 2. The molecule has 0 fully saturated rings. The van der Waals surface area contributed by atoms with Crippen LogP contribution < -0.4 is 10.6 Å². The molecule has 5 rings (SSSR count). The zero-order valence-electron chi connectivity index (χ0n) is 17.4. The summed E-state index contributed by atoms with van der Waals surface area (Å²) in [5.74, 6) is 0.345. The van der Waals surface area contributed by atoms with Crippen LogP contribution in [0.5, 0.6) is 0 Å². The van der Waals surface area contributed by atoms with Crippen LogP contribution in [-0.2, 0) is 6.42 Å². The maximum atomic E-state index is 12.8. The standard InChI is InChI=1S/C25H21BrN4O2/c1-15-12-17(6-7-20(15)26)29-24-19-9-11-32-23(19)13-22(30-24)25(31)27-10-8-16-14-28-21-5-3-2-4-18(16)21/h2-7,9,11-14,28H,8,10H2,1H3,(H,27,31)(H,29,30). The summed E-state index contributed by atoms with van der Waals surface area (Å²) in [4.78, 5) is 20.7. The van der Waals surface area contributed by atoms with Gasteiger partial charge in [0.1, 0.15) is 17.1 Å². The number of amides is 1. The number of carbonyl (C=O) groups excluding carboxylic acids is 1. The average Bonchev–Trinajstić information content (AvgIpc) is 3.43. The van der Waals surface area contributed by atoms with Gasteiger partial charge in [0.2, 0.25) is 0 Å². The number of aromatic nitrogens is 2. The lowest BCUT2D eigenvalue weighted by molar-refractivity contribution is 0.0949. The minimum absolute atomic E-state index is 0.238. The Morgan fingerprint density at radius 3 is 2.88 bits per heavy atom. The van der Waals surface area contributed by atoms with E-state index in [0.29, 0.717) is 23.6 Å². The van der Waals surface area contributed by atoms with E-state index in [-0.39, 0.29) is 5.91 Å². The van der Waals surface area contributed by atoms with Crippen LogP contribution in [0.3, 0.4) is 0 Å². The van der Waals surface area contributed by atoms with Gasteiger partial charge in [0.15, 0.2) is 0 Å². The third kappa shape index (κ3) is 3.99. The lowest BCUT2D eigenvalue weighted by Gasteiger charge is -2.11. The van der Waals surface area contributed by atoms with E-state index in [1.807, 2.05) is 55.6 Å². The molecule has 160 valence electrons. The normalized spacial score (nSPS) is 11.2. The van der Waals surface area contributed by atoms with Crippen LogP contribution in [0.25, 0.3) is 21.9 Å². The lowest BCUT2D eigenvalue weighted by atomic mass is 10.1. The van der Waals surface area contributed by atoms with Crippen LogP contribution in [0.4, 0.5) is 11.5 Å². The molecule has 3 aromatic heterocycles. The maximum absolute atomic E-state index is 12.8. The number of furan rings is 1. The summed E-state index contributed by atoms with van der Waals surface area (Å²) in [7, 11) is 0. The molecule has 0 aliphatic carbocycles. The zero-order chi connectivity index (χ0) is 22.1. The Kier molecular flexibility index (Phi) is 5.41. The number of carbonyl (C=O) groups is 1. The van der Waals surface area contributed by atoms with Gasteiger partial charge in [-0.15, -0.1) is 0 Å². The van der Waals surface area contributed by atoms with Gasteiger partial charge >= 0.3 is 0 Å². The molecule has 2 aromatic carbocycles. The Labute approximate surface area is 193 Å². The van der Waals surface area contributed by atoms with Crippen LogP contribution in [0, 0.1) is 6.92 Å². The smallest absolute Gasteiger partial charge is 0.270 e. The second-order valence-corrected chi connectivity index (χ2v) is 8.50. The van der Waals surface area contributed by atoms with Gasteiger partial charge < -0.3 is 20.0 Å². The highest BCUT2D eigenvalue weighted by Crippen LogP contribution is 2.28. The largest absolute Gasteiger partial charge is 0.464 e. The van der Waals surface area contributed by atoms with Gasteiger partial charge in [-0.25, -0.2) is 4.98 Å². The van der Waals surface area contributed by atoms with E-state index in [1.54, 1.807) is 12.3 Å². The molecule has 0 spiro atoms. The topological polar surface area (TPSA) is 83.0 Å². The number of nitrogens with zero attached hydrogens (tertiary/aromatic N) is 1. The summed E-state index contributed by atoms with van der Waals surface area (Å²) in [5.41, 5.74) is 5.17. The molecule has 6 nitrogen and oxygen atoms in total. The molecule has 5 aromatic rings. The second-order valence-electron chi connectivity index (χ2n) is 7.64. The molecule has 7 heteroatoms. The summed E-state index contributed by atoms with van der Waals surface area (Å²) in [5, 5.41) is 8.29. The minimum atomic E-state index is -0.238. The first kappa shape index (κ1) is 20.3. The number of aromatic amines is 1. The van der Waals surface area contributed by atoms with Crippen molar-refractivity contribution in [3.63, 3.8) is 0 Å². The quantitative estimate of drug-likeness (QED) is 0.269. The molecule has 3 heterocycles. The number of para-hydroxylation sites is 1. The van der Waals surface area contributed by atoms with E-state index < -0.39 is 0 Å². The number of hydrogen-bond donors (Lipinski definition) is 3. The van der Waals surface area contributed by atoms with Crippen molar-refractivity contribution in [1.29, 1.82) is 0 Å². The first-order valence-electron chi connectivity index (χ1n) is 10.3. The van der Waals surface area contributed by atoms with Gasteiger partial charge in [-0.2, -0.15) is 0 Å². The Balaban J connectivity index is 1.34. The summed E-state index contributed by atoms with van der Waals surface area (Å²) in [6.07, 6.45) is 4.32. The monoisotopic (exact) mass is 488 g/mol. The predicted octanol–water partition coefficient (Wildman–Crippen LogP) is 6.10. The van der Waals surface area contributed by atoms with E-state index in [4.69, 9.17) is 4.42 Å². The van der Waals surface area contributed by atoms with Crippen LogP contribution >= 0.6 is 15.9 Å². The van der Waals surface area contributed by atoms with E-state index >= 15 is 0 Å². The first-order chi connectivity index (χ1) is 15.6. The SMILES string of the molecule is Cc1cc(Nc2nc(C(=O)NCCc3c[nH]c4ccccc34)cc3occc23)ccc1Br. The van der Waals surface area contributed by atoms with E-state index in [0.717, 1.165) is 33.0 Å². The van der Waals surface area contributed by atoms with Gasteiger partial charge in [-0.1, -0.05) is 34.1 Å². The average molecular weight is 489 g/mol. The Hall–Kier alpha value is -3.58. The molecule has 0 saturated carbocycles. The first-order valence-corrected chi connectivity index (χ1v) is 11.1. The molecule has 0 atom stereocenters. The zero-order valence-corrected chi connectivity index (χ0v) is 19.0. The molecule has 0 aliphatic heterocycles. The van der Waals surface area contributed by atoms with Gasteiger partial charge in [-0.3, -0.25) is 4.79 Å². The highest BCUT2D eigenvalue weighted by Gasteiger charge is 2.15. The minimum Gasteiger partial charge on any atom is -0.464 e. The molecule has 0 aliphatic rings. The van der Waals surface area contributed by atoms with Gasteiger partial charge in [0, 0.05) is 39.9 Å². The second kappa shape index (κ2) is 8.51. The van der Waals surface area contributed by atoms with Crippen molar-refractivity contribution in [2.24, 2.45) is 0 Å². The Morgan fingerprint density at radius 2 is 2.00 bits per heavy atom. The highest BCUT2D eigenvalue weighted by atomic mass is 79.9. The molecule has 1 amide bonds. The number of halogens is 1. The molecule has 3 N–H and O–H groups in total. The summed E-state index contributed by atoms with van der Waals surface area (Å²) < 4.78 is 6.60. The van der Waals surface area contributed by atoms with Crippen molar-refractivity contribution >= 4 is 55.2 Å². The number of benzene rings is 2. The van der Waals surface area contributed by atoms with Crippen molar-refractivity contribution in [3.8, 4) is 0 Å². The van der Waals surface area contributed by atoms with Crippen LogP contribution in [-0.4, -0.2) is 22.4 Å². The number of nitrogens with one attached hydrogen (secondary N) is 3. The predicted molar refractivity (Wildman–Crippen MR) is 131 cm³/mol. The van der Waals surface area contributed by atoms with E-state index in [1.165, 1.54) is 10.9 Å². The van der Waals surface area contributed by atoms with Crippen molar-refractivity contribution in [1.82, 2.24) is 15.3 Å². The fraction of sp³-hybridized carbons (Fsp3) is 0.120. The van der Waals surface area contributed by atoms with Crippen LogP contribution in [0.1, 0.15) is 21.6 Å². The number of H-pyrrole nitrogens is 1. The number of hydrogen-bond acceptors (Lipinski definition) is 4. The number of pyridine rings is 1. The lowest BCUT2D eigenvalue weighted by Crippen LogP contribution is -2.26. The van der Waals surface area contributed by atoms with Crippen molar-refractivity contribution < 1.29 is 9.21 Å². The van der Waals surface area contributed by atoms with Crippen molar-refractivity contribution in [2.45, 2.75) is 13.3 Å². The third-order valence-electron chi connectivity index (χ3n) is 5.46. The number of anilines is 2. The molecular weight excluding hydrogens is 468 g/mol. The third-order valence-corrected chi connectivity index (χ3v) is 6.35. The molecule has 0 unspecified atom stereocenters. The molecule has 0 saturated heterocycles. The summed E-state index contributed by atoms with van der Waals surface area (Å²) in [6.45, 7) is 2.53. The molecular formula is C25H21BrN4O2. The van der Waals surface area contributed by atoms with E-state index in [9.17, 15) is 4.79 Å². The Bertz CT molecular complexity index is 1440. The highest BCUT2D eigenvalue weighted by molar-refractivity contribution is 9.10. The van der Waals surface area contributed by atoms with Crippen LogP contribution in [0.2, 0.25) is 0 Å². The summed E-state index contributed by atoms with van der Waals surface area (Å²) in [6, 6.07) is 17.6. The molecule has 0 radical (unpaired) electrons. The van der Waals surface area contributed by atoms with E-state index in [2.05, 4.69) is 42.6 Å². The molecule has 32 heavy (non-hydrogen) atoms. The van der Waals surface area contributed by atoms with Gasteiger partial charge in [-0.05, 0) is 54.8 Å². The van der Waals surface area contributed by atoms with Crippen LogP contribution in [0.15, 0.2) is 75.9 Å². The number of aryl methyl sites for hydroxylation is 1. The Morgan fingerprint density at radius 1 is 1.12 bits per heavy atom. The van der Waals surface area contributed by atoms with Gasteiger partial charge in [0.05, 0.1) is 11.6 Å².